The van der Waals surface area contributed by atoms with Crippen LogP contribution in [0.3, 0.4) is 0 Å². The van der Waals surface area contributed by atoms with Gasteiger partial charge in [-0.2, -0.15) is 0 Å². The molecular weight excluding hydrogens is 462 g/mol. The van der Waals surface area contributed by atoms with Crippen LogP contribution < -0.4 is 10.1 Å². The Balaban J connectivity index is 1.48. The minimum Gasteiger partial charge on any atom is -0.497 e. The van der Waals surface area contributed by atoms with Crippen molar-refractivity contribution in [2.45, 2.75) is 27.8 Å². The summed E-state index contributed by atoms with van der Waals surface area (Å²) < 4.78 is 9.11. The second kappa shape index (κ2) is 10.8. The number of para-hydroxylation sites is 2. The topological polar surface area (TPSA) is 81.9 Å². The highest BCUT2D eigenvalue weighted by Crippen LogP contribution is 2.32. The van der Waals surface area contributed by atoms with Gasteiger partial charge in [-0.1, -0.05) is 53.9 Å². The van der Waals surface area contributed by atoms with Crippen molar-refractivity contribution in [1.82, 2.24) is 25.1 Å². The van der Waals surface area contributed by atoms with Gasteiger partial charge in [0, 0.05) is 12.2 Å². The molecule has 0 fully saturated rings. The molecule has 0 saturated heterocycles. The lowest BCUT2D eigenvalue weighted by Gasteiger charge is -2.09. The number of methoxy groups -OCH3 is 1. The van der Waals surface area contributed by atoms with Crippen LogP contribution >= 0.6 is 34.9 Å². The second-order valence-electron chi connectivity index (χ2n) is 6.81. The Morgan fingerprint density at radius 1 is 1.09 bits per heavy atom. The number of fused-ring (bicyclic) bond motifs is 1. The van der Waals surface area contributed by atoms with Crippen LogP contribution in [0.4, 0.5) is 0 Å². The predicted octanol–water partition coefficient (Wildman–Crippen LogP) is 4.80. The highest BCUT2D eigenvalue weighted by molar-refractivity contribution is 8.03. The van der Waals surface area contributed by atoms with Crippen LogP contribution in [0.15, 0.2) is 57.2 Å². The number of nitrogens with one attached hydrogen (secondary N) is 1. The van der Waals surface area contributed by atoms with E-state index in [-0.39, 0.29) is 5.91 Å². The SMILES string of the molecule is CCCNC(=O)CSc1nnc(SCc2nc3ccccc3n2-c2ccc(OC)cc2)s1. The summed E-state index contributed by atoms with van der Waals surface area (Å²) in [7, 11) is 1.66. The molecule has 10 heteroatoms. The van der Waals surface area contributed by atoms with Gasteiger partial charge in [0.1, 0.15) is 11.6 Å². The Bertz CT molecular complexity index is 1190. The van der Waals surface area contributed by atoms with Crippen molar-refractivity contribution < 1.29 is 9.53 Å². The maximum Gasteiger partial charge on any atom is 0.230 e. The number of carbonyl (C=O) groups is 1. The Labute approximate surface area is 199 Å². The molecule has 4 rings (SSSR count). The van der Waals surface area contributed by atoms with Gasteiger partial charge >= 0.3 is 0 Å². The van der Waals surface area contributed by atoms with Gasteiger partial charge in [0.2, 0.25) is 5.91 Å². The monoisotopic (exact) mass is 485 g/mol. The predicted molar refractivity (Wildman–Crippen MR) is 131 cm³/mol. The van der Waals surface area contributed by atoms with Gasteiger partial charge in [-0.25, -0.2) is 4.98 Å². The fourth-order valence-corrected chi connectivity index (χ4v) is 5.84. The third-order valence-corrected chi connectivity index (χ3v) is 7.76. The van der Waals surface area contributed by atoms with Crippen molar-refractivity contribution in [2.24, 2.45) is 0 Å². The number of imidazole rings is 1. The number of hydrogen-bond donors (Lipinski definition) is 1. The van der Waals surface area contributed by atoms with Gasteiger partial charge in [-0.05, 0) is 42.8 Å². The molecule has 0 saturated carbocycles. The van der Waals surface area contributed by atoms with Crippen molar-refractivity contribution in [3.8, 4) is 11.4 Å². The van der Waals surface area contributed by atoms with Crippen molar-refractivity contribution >= 4 is 51.8 Å². The van der Waals surface area contributed by atoms with Crippen LogP contribution in [0.25, 0.3) is 16.7 Å². The lowest BCUT2D eigenvalue weighted by Crippen LogP contribution is -2.25. The van der Waals surface area contributed by atoms with E-state index in [1.807, 2.05) is 49.4 Å². The number of amides is 1. The smallest absolute Gasteiger partial charge is 0.230 e. The summed E-state index contributed by atoms with van der Waals surface area (Å²) in [5, 5.41) is 11.4. The molecule has 4 aromatic rings. The average molecular weight is 486 g/mol. The molecule has 0 unspecified atom stereocenters. The zero-order valence-electron chi connectivity index (χ0n) is 17.8. The van der Waals surface area contributed by atoms with Crippen LogP contribution in [-0.2, 0) is 10.5 Å². The van der Waals surface area contributed by atoms with Gasteiger partial charge in [0.05, 0.1) is 29.6 Å². The van der Waals surface area contributed by atoms with E-state index in [2.05, 4.69) is 26.1 Å². The molecule has 2 aromatic carbocycles. The quantitative estimate of drug-likeness (QED) is 0.323. The van der Waals surface area contributed by atoms with Gasteiger partial charge < -0.3 is 10.1 Å². The fourth-order valence-electron chi connectivity index (χ4n) is 3.07. The van der Waals surface area contributed by atoms with E-state index in [4.69, 9.17) is 9.72 Å². The van der Waals surface area contributed by atoms with Crippen LogP contribution in [0.5, 0.6) is 5.75 Å². The van der Waals surface area contributed by atoms with Crippen molar-refractivity contribution in [2.75, 3.05) is 19.4 Å². The zero-order chi connectivity index (χ0) is 22.3. The number of ether oxygens (including phenoxy) is 1. The molecule has 0 atom stereocenters. The summed E-state index contributed by atoms with van der Waals surface area (Å²) in [6.07, 6.45) is 0.928. The van der Waals surface area contributed by atoms with E-state index in [0.717, 1.165) is 43.4 Å². The normalized spacial score (nSPS) is 11.1. The summed E-state index contributed by atoms with van der Waals surface area (Å²) in [5.74, 6) is 2.78. The first-order valence-corrected chi connectivity index (χ1v) is 12.9. The number of aromatic nitrogens is 4. The lowest BCUT2D eigenvalue weighted by molar-refractivity contribution is -0.118. The number of hydrogen-bond acceptors (Lipinski definition) is 8. The van der Waals surface area contributed by atoms with E-state index in [1.165, 1.54) is 23.1 Å². The highest BCUT2D eigenvalue weighted by atomic mass is 32.2. The molecule has 0 aliphatic rings. The minimum atomic E-state index is 0.0227. The maximum absolute atomic E-state index is 11.8. The molecule has 0 bridgehead atoms. The molecule has 1 N–H and O–H groups in total. The van der Waals surface area contributed by atoms with Crippen LogP contribution in [-0.4, -0.2) is 45.1 Å². The van der Waals surface area contributed by atoms with E-state index in [1.54, 1.807) is 18.9 Å². The summed E-state index contributed by atoms with van der Waals surface area (Å²) in [6.45, 7) is 2.73. The number of thioether (sulfide) groups is 2. The van der Waals surface area contributed by atoms with E-state index >= 15 is 0 Å². The Hall–Kier alpha value is -2.56. The molecule has 0 aliphatic carbocycles. The molecule has 32 heavy (non-hydrogen) atoms. The Kier molecular flexibility index (Phi) is 7.67. The molecule has 7 nitrogen and oxygen atoms in total. The Morgan fingerprint density at radius 3 is 2.59 bits per heavy atom. The van der Waals surface area contributed by atoms with Gasteiger partial charge in [0.25, 0.3) is 0 Å². The number of nitrogens with zero attached hydrogens (tertiary/aromatic N) is 4. The van der Waals surface area contributed by atoms with Crippen molar-refractivity contribution in [3.05, 3.63) is 54.4 Å². The van der Waals surface area contributed by atoms with Gasteiger partial charge in [-0.3, -0.25) is 9.36 Å². The summed E-state index contributed by atoms with van der Waals surface area (Å²) >= 11 is 4.51. The first kappa shape index (κ1) is 22.6. The first-order valence-electron chi connectivity index (χ1n) is 10.1. The molecule has 1 amide bonds. The van der Waals surface area contributed by atoms with Crippen molar-refractivity contribution in [1.29, 1.82) is 0 Å². The van der Waals surface area contributed by atoms with Gasteiger partial charge in [-0.15, -0.1) is 10.2 Å². The van der Waals surface area contributed by atoms with E-state index < -0.39 is 0 Å². The van der Waals surface area contributed by atoms with Gasteiger partial charge in [0.15, 0.2) is 8.68 Å². The van der Waals surface area contributed by atoms with Crippen LogP contribution in [0.2, 0.25) is 0 Å². The lowest BCUT2D eigenvalue weighted by atomic mass is 10.2. The average Bonchev–Trinajstić information content (AvgIpc) is 3.44. The van der Waals surface area contributed by atoms with Crippen LogP contribution in [0.1, 0.15) is 19.2 Å². The largest absolute Gasteiger partial charge is 0.497 e. The third kappa shape index (κ3) is 5.43. The molecule has 2 aromatic heterocycles. The fraction of sp³-hybridized carbons (Fsp3) is 0.273. The molecule has 0 spiro atoms. The minimum absolute atomic E-state index is 0.0227. The van der Waals surface area contributed by atoms with E-state index in [0.29, 0.717) is 18.1 Å². The number of carbonyl (C=O) groups excluding carboxylic acids is 1. The third-order valence-electron chi connectivity index (χ3n) is 4.57. The Morgan fingerprint density at radius 2 is 1.84 bits per heavy atom. The molecule has 166 valence electrons. The van der Waals surface area contributed by atoms with E-state index in [9.17, 15) is 4.79 Å². The molecule has 0 aliphatic heterocycles. The van der Waals surface area contributed by atoms with Crippen molar-refractivity contribution in [3.63, 3.8) is 0 Å². The van der Waals surface area contributed by atoms with Crippen LogP contribution in [0, 0.1) is 0 Å². The summed E-state index contributed by atoms with van der Waals surface area (Å²) in [6, 6.07) is 16.1. The summed E-state index contributed by atoms with van der Waals surface area (Å²) in [5.41, 5.74) is 3.03. The number of rotatable bonds is 10. The zero-order valence-corrected chi connectivity index (χ0v) is 20.2. The highest BCUT2D eigenvalue weighted by Gasteiger charge is 2.15. The standard InChI is InChI=1S/C22H23N5O2S3/c1-3-12-23-20(28)14-31-22-26-25-21(32-22)30-13-19-24-17-6-4-5-7-18(17)27(19)15-8-10-16(29-2)11-9-15/h4-11H,3,12-14H2,1-2H3,(H,23,28). The number of benzene rings is 2. The molecule has 2 heterocycles. The first-order chi connectivity index (χ1) is 15.7. The molecular formula is C22H23N5O2S3. The summed E-state index contributed by atoms with van der Waals surface area (Å²) in [4.78, 5) is 16.6. The molecule has 0 radical (unpaired) electrons. The maximum atomic E-state index is 11.8. The second-order valence-corrected chi connectivity index (χ2v) is 10.2.